The number of fused-ring (bicyclic) bond motifs is 1. The van der Waals surface area contributed by atoms with E-state index >= 15 is 0 Å². The molecule has 8 heteroatoms. The Hall–Kier alpha value is -3.94. The first-order chi connectivity index (χ1) is 14.6. The summed E-state index contributed by atoms with van der Waals surface area (Å²) < 4.78 is 37.3. The van der Waals surface area contributed by atoms with E-state index in [1.54, 1.807) is 36.4 Å². The van der Waals surface area contributed by atoms with Crippen molar-refractivity contribution in [3.63, 3.8) is 0 Å². The van der Waals surface area contributed by atoms with Gasteiger partial charge in [0.15, 0.2) is 11.6 Å². The van der Waals surface area contributed by atoms with Gasteiger partial charge in [-0.15, -0.1) is 0 Å². The molecule has 0 unspecified atom stereocenters. The van der Waals surface area contributed by atoms with E-state index < -0.39 is 11.6 Å². The fourth-order valence-corrected chi connectivity index (χ4v) is 3.08. The van der Waals surface area contributed by atoms with Crippen LogP contribution in [0.5, 0.6) is 5.75 Å². The minimum Gasteiger partial charge on any atom is -0.495 e. The quantitative estimate of drug-likeness (QED) is 0.490. The zero-order valence-electron chi connectivity index (χ0n) is 15.9. The number of methoxy groups -OCH3 is 1. The summed E-state index contributed by atoms with van der Waals surface area (Å²) in [6.45, 7) is 0.237. The van der Waals surface area contributed by atoms with Gasteiger partial charge in [0.2, 0.25) is 0 Å². The summed E-state index contributed by atoms with van der Waals surface area (Å²) in [7, 11) is 1.47. The Bertz CT molecular complexity index is 1230. The monoisotopic (exact) mass is 409 g/mol. The van der Waals surface area contributed by atoms with Gasteiger partial charge in [0.1, 0.15) is 11.5 Å². The number of H-pyrrole nitrogens is 1. The Morgan fingerprint density at radius 1 is 1.20 bits per heavy atom. The number of nitrogens with one attached hydrogen (secondary N) is 2. The molecule has 0 radical (unpaired) electrons. The van der Waals surface area contributed by atoms with Gasteiger partial charge >= 0.3 is 0 Å². The average Bonchev–Trinajstić information content (AvgIpc) is 3.42. The normalized spacial score (nSPS) is 11.3. The molecular weight excluding hydrogens is 392 g/mol. The van der Waals surface area contributed by atoms with E-state index in [4.69, 9.17) is 9.15 Å². The summed E-state index contributed by atoms with van der Waals surface area (Å²) in [5.41, 5.74) is 1.96. The van der Waals surface area contributed by atoms with Gasteiger partial charge in [0.05, 0.1) is 42.1 Å². The Morgan fingerprint density at radius 2 is 2.07 bits per heavy atom. The fraction of sp³-hybridized carbons (Fsp3) is 0.0909. The maximum Gasteiger partial charge on any atom is 0.255 e. The predicted octanol–water partition coefficient (Wildman–Crippen LogP) is 4.54. The van der Waals surface area contributed by atoms with Crippen molar-refractivity contribution in [2.45, 2.75) is 6.54 Å². The van der Waals surface area contributed by atoms with Crippen LogP contribution in [-0.4, -0.2) is 23.2 Å². The maximum absolute atomic E-state index is 13.4. The number of furan rings is 1. The molecule has 0 fully saturated rings. The van der Waals surface area contributed by atoms with E-state index in [9.17, 15) is 13.6 Å². The van der Waals surface area contributed by atoms with Crippen LogP contribution in [0.15, 0.2) is 53.1 Å². The van der Waals surface area contributed by atoms with Crippen molar-refractivity contribution in [2.75, 3.05) is 7.11 Å². The van der Waals surface area contributed by atoms with Crippen LogP contribution in [0.2, 0.25) is 0 Å². The van der Waals surface area contributed by atoms with Gasteiger partial charge in [-0.3, -0.25) is 9.89 Å². The molecule has 2 N–H and O–H groups in total. The number of benzene rings is 2. The molecule has 0 bridgehead atoms. The Labute approximate surface area is 170 Å². The van der Waals surface area contributed by atoms with E-state index in [-0.39, 0.29) is 12.5 Å². The molecule has 0 spiro atoms. The van der Waals surface area contributed by atoms with Crippen molar-refractivity contribution in [1.29, 1.82) is 0 Å². The largest absolute Gasteiger partial charge is 0.495 e. The summed E-state index contributed by atoms with van der Waals surface area (Å²) in [6, 6.07) is 10.5. The second-order valence-corrected chi connectivity index (χ2v) is 6.45. The third-order valence-electron chi connectivity index (χ3n) is 4.54. The maximum atomic E-state index is 13.4. The average molecular weight is 409 g/mol. The number of carbonyl (C=O) groups is 1. The molecule has 0 atom stereocenters. The Morgan fingerprint density at radius 3 is 2.80 bits per heavy atom. The lowest BCUT2D eigenvalue weighted by Crippen LogP contribution is -2.23. The van der Waals surface area contributed by atoms with Gasteiger partial charge in [-0.25, -0.2) is 8.78 Å². The molecule has 6 nitrogen and oxygen atoms in total. The summed E-state index contributed by atoms with van der Waals surface area (Å²) >= 11 is 0. The van der Waals surface area contributed by atoms with Gasteiger partial charge in [0.25, 0.3) is 5.91 Å². The van der Waals surface area contributed by atoms with Crippen LogP contribution < -0.4 is 10.1 Å². The molecular formula is C22H17F2N3O3. The van der Waals surface area contributed by atoms with Gasteiger partial charge < -0.3 is 14.5 Å². The summed E-state index contributed by atoms with van der Waals surface area (Å²) in [6.07, 6.45) is 4.77. The molecule has 2 heterocycles. The number of aromatic nitrogens is 2. The van der Waals surface area contributed by atoms with E-state index in [1.807, 2.05) is 0 Å². The van der Waals surface area contributed by atoms with Crippen molar-refractivity contribution >= 4 is 29.0 Å². The molecule has 4 aromatic rings. The second kappa shape index (κ2) is 8.20. The topological polar surface area (TPSA) is 80.1 Å². The molecule has 0 saturated heterocycles. The standard InChI is InChI=1S/C22H17F2N3O3/c1-29-21-15(22(28)25-12-14-3-2-10-30-14)6-9-19-20(21)18(26-27-19)8-5-13-4-7-16(23)17(24)11-13/h2-11H,12H2,1H3,(H,25,28)(H,26,27). The van der Waals surface area contributed by atoms with Crippen LogP contribution in [0.4, 0.5) is 8.78 Å². The third kappa shape index (κ3) is 3.80. The van der Waals surface area contributed by atoms with Crippen molar-refractivity contribution in [1.82, 2.24) is 15.5 Å². The highest BCUT2D eigenvalue weighted by atomic mass is 19.2. The van der Waals surface area contributed by atoms with Crippen LogP contribution in [0.3, 0.4) is 0 Å². The lowest BCUT2D eigenvalue weighted by molar-refractivity contribution is 0.0945. The highest BCUT2D eigenvalue weighted by molar-refractivity contribution is 6.05. The van der Waals surface area contributed by atoms with Crippen molar-refractivity contribution < 1.29 is 22.7 Å². The Kier molecular flexibility index (Phi) is 5.30. The van der Waals surface area contributed by atoms with Gasteiger partial charge in [-0.1, -0.05) is 12.1 Å². The number of halogens is 2. The van der Waals surface area contributed by atoms with E-state index in [0.29, 0.717) is 39.2 Å². The molecule has 152 valence electrons. The van der Waals surface area contributed by atoms with Crippen molar-refractivity contribution in [3.8, 4) is 5.75 Å². The molecule has 2 aromatic heterocycles. The second-order valence-electron chi connectivity index (χ2n) is 6.45. The van der Waals surface area contributed by atoms with Gasteiger partial charge in [-0.2, -0.15) is 5.10 Å². The highest BCUT2D eigenvalue weighted by Gasteiger charge is 2.19. The van der Waals surface area contributed by atoms with E-state index in [0.717, 1.165) is 12.1 Å². The number of carbonyl (C=O) groups excluding carboxylic acids is 1. The first-order valence-electron chi connectivity index (χ1n) is 9.05. The number of amides is 1. The molecule has 0 aliphatic carbocycles. The molecule has 2 aromatic carbocycles. The minimum absolute atomic E-state index is 0.237. The van der Waals surface area contributed by atoms with Crippen LogP contribution in [-0.2, 0) is 6.54 Å². The van der Waals surface area contributed by atoms with Crippen molar-refractivity contribution in [3.05, 3.63) is 82.9 Å². The molecule has 30 heavy (non-hydrogen) atoms. The molecule has 1 amide bonds. The first-order valence-corrected chi connectivity index (χ1v) is 9.05. The van der Waals surface area contributed by atoms with Gasteiger partial charge in [0, 0.05) is 0 Å². The fourth-order valence-electron chi connectivity index (χ4n) is 3.08. The van der Waals surface area contributed by atoms with Crippen LogP contribution in [0.25, 0.3) is 23.1 Å². The summed E-state index contributed by atoms with van der Waals surface area (Å²) in [4.78, 5) is 12.7. The zero-order valence-corrected chi connectivity index (χ0v) is 15.9. The lowest BCUT2D eigenvalue weighted by atomic mass is 10.1. The number of aromatic amines is 1. The summed E-state index contributed by atoms with van der Waals surface area (Å²) in [5, 5.41) is 10.5. The molecule has 0 aliphatic rings. The SMILES string of the molecule is COc1c(C(=O)NCc2ccco2)ccc2[nH]nc(C=Cc3ccc(F)c(F)c3)c12. The predicted molar refractivity (Wildman–Crippen MR) is 108 cm³/mol. The number of ether oxygens (including phenoxy) is 1. The zero-order chi connectivity index (χ0) is 21.1. The molecule has 0 saturated carbocycles. The number of hydrogen-bond donors (Lipinski definition) is 2. The number of nitrogens with zero attached hydrogens (tertiary/aromatic N) is 1. The number of rotatable bonds is 6. The van der Waals surface area contributed by atoms with Crippen LogP contribution >= 0.6 is 0 Å². The highest BCUT2D eigenvalue weighted by Crippen LogP contribution is 2.32. The lowest BCUT2D eigenvalue weighted by Gasteiger charge is -2.10. The third-order valence-corrected chi connectivity index (χ3v) is 4.54. The minimum atomic E-state index is -0.933. The molecule has 4 rings (SSSR count). The van der Waals surface area contributed by atoms with Crippen LogP contribution in [0, 0.1) is 11.6 Å². The Balaban J connectivity index is 1.66. The van der Waals surface area contributed by atoms with Gasteiger partial charge in [-0.05, 0) is 48.0 Å². The van der Waals surface area contributed by atoms with Crippen LogP contribution in [0.1, 0.15) is 27.4 Å². The van der Waals surface area contributed by atoms with E-state index in [2.05, 4.69) is 15.5 Å². The first kappa shape index (κ1) is 19.4. The molecule has 0 aliphatic heterocycles. The number of hydrogen-bond acceptors (Lipinski definition) is 4. The van der Waals surface area contributed by atoms with Crippen molar-refractivity contribution in [2.24, 2.45) is 0 Å². The summed E-state index contributed by atoms with van der Waals surface area (Å²) in [5.74, 6) is -1.20. The smallest absolute Gasteiger partial charge is 0.255 e. The van der Waals surface area contributed by atoms with E-state index in [1.165, 1.54) is 19.4 Å².